The molecular weight excluding hydrogens is 402 g/mol. The molecule has 0 radical (unpaired) electrons. The number of fused-ring (bicyclic) bond motifs is 5. The van der Waals surface area contributed by atoms with Gasteiger partial charge in [0.25, 0.3) is 0 Å². The second kappa shape index (κ2) is 7.61. The average Bonchev–Trinajstić information content (AvgIpc) is 3.12. The Balaban J connectivity index is 1.70. The van der Waals surface area contributed by atoms with E-state index in [1.165, 1.54) is 49.9 Å². The van der Waals surface area contributed by atoms with E-state index in [0.717, 1.165) is 28.7 Å². The third-order valence-corrected chi connectivity index (χ3v) is 7.32. The number of pyridine rings is 1. The maximum absolute atomic E-state index is 12.7. The fraction of sp³-hybridized carbons (Fsp3) is 0.500. The monoisotopic (exact) mass is 433 g/mol. The molecule has 3 aromatic rings. The summed E-state index contributed by atoms with van der Waals surface area (Å²) in [5, 5.41) is 15.6. The molecule has 2 aliphatic rings. The summed E-state index contributed by atoms with van der Waals surface area (Å²) in [6.45, 7) is 7.07. The van der Waals surface area contributed by atoms with Crippen molar-refractivity contribution in [3.8, 4) is 11.4 Å². The topological polar surface area (TPSA) is 77.1 Å². The van der Waals surface area contributed by atoms with Crippen molar-refractivity contribution in [2.45, 2.75) is 71.9 Å². The number of hydrogen-bond acceptors (Lipinski definition) is 3. The fourth-order valence-electron chi connectivity index (χ4n) is 5.58. The van der Waals surface area contributed by atoms with Gasteiger partial charge in [0.15, 0.2) is 5.43 Å². The van der Waals surface area contributed by atoms with Crippen LogP contribution in [-0.4, -0.2) is 25.4 Å². The summed E-state index contributed by atoms with van der Waals surface area (Å²) < 4.78 is 4.04. The van der Waals surface area contributed by atoms with E-state index in [1.54, 1.807) is 0 Å². The van der Waals surface area contributed by atoms with Crippen molar-refractivity contribution in [2.24, 2.45) is 11.3 Å². The van der Waals surface area contributed by atoms with Crippen LogP contribution in [0, 0.1) is 11.3 Å². The maximum atomic E-state index is 12.7. The molecule has 3 heterocycles. The summed E-state index contributed by atoms with van der Waals surface area (Å²) in [4.78, 5) is 24.3. The maximum Gasteiger partial charge on any atom is 0.341 e. The van der Waals surface area contributed by atoms with Gasteiger partial charge in [-0.3, -0.25) is 9.48 Å². The molecule has 2 aromatic heterocycles. The lowest BCUT2D eigenvalue weighted by Gasteiger charge is -2.38. The fourth-order valence-corrected chi connectivity index (χ4v) is 5.58. The predicted molar refractivity (Wildman–Crippen MR) is 125 cm³/mol. The molecule has 5 rings (SSSR count). The molecule has 0 bridgehead atoms. The third kappa shape index (κ3) is 3.46. The largest absolute Gasteiger partial charge is 0.477 e. The molecule has 1 aliphatic heterocycles. The normalized spacial score (nSPS) is 19.0. The second-order valence-electron chi connectivity index (χ2n) is 10.6. The Hall–Kier alpha value is -2.89. The van der Waals surface area contributed by atoms with Crippen molar-refractivity contribution in [2.75, 3.05) is 0 Å². The molecular formula is C26H31N3O3. The molecule has 1 aromatic carbocycles. The highest BCUT2D eigenvalue weighted by molar-refractivity contribution is 5.95. The highest BCUT2D eigenvalue weighted by Gasteiger charge is 2.35. The van der Waals surface area contributed by atoms with Gasteiger partial charge >= 0.3 is 5.97 Å². The Kier molecular flexibility index (Phi) is 4.99. The Labute approximate surface area is 187 Å². The lowest BCUT2D eigenvalue weighted by Crippen LogP contribution is -2.35. The van der Waals surface area contributed by atoms with Gasteiger partial charge in [0.1, 0.15) is 5.56 Å². The van der Waals surface area contributed by atoms with Crippen LogP contribution in [-0.2, 0) is 13.0 Å². The van der Waals surface area contributed by atoms with Crippen molar-refractivity contribution in [3.05, 3.63) is 51.8 Å². The summed E-state index contributed by atoms with van der Waals surface area (Å²) >= 11 is 0. The number of rotatable bonds is 3. The summed E-state index contributed by atoms with van der Waals surface area (Å²) in [7, 11) is 0. The van der Waals surface area contributed by atoms with Crippen LogP contribution in [0.15, 0.2) is 35.3 Å². The van der Waals surface area contributed by atoms with Gasteiger partial charge in [-0.2, -0.15) is 5.10 Å². The van der Waals surface area contributed by atoms with Crippen molar-refractivity contribution >= 4 is 16.9 Å². The number of carboxylic acid groups (broad SMARTS) is 1. The SMILES string of the molecule is CC(C)(C)C1Cn2nc3c(CC4CCCCC4)cccc3c2-c2cc(=O)c(C(=O)O)cn21. The van der Waals surface area contributed by atoms with E-state index in [2.05, 4.69) is 39.0 Å². The zero-order chi connectivity index (χ0) is 22.6. The molecule has 0 saturated heterocycles. The molecule has 1 fully saturated rings. The minimum absolute atomic E-state index is 0.0141. The lowest BCUT2D eigenvalue weighted by molar-refractivity contribution is 0.0693. The van der Waals surface area contributed by atoms with Crippen molar-refractivity contribution in [3.63, 3.8) is 0 Å². The summed E-state index contributed by atoms with van der Waals surface area (Å²) in [5.41, 5.74) is 3.18. The summed E-state index contributed by atoms with van der Waals surface area (Å²) in [6.07, 6.45) is 9.12. The Morgan fingerprint density at radius 1 is 1.19 bits per heavy atom. The van der Waals surface area contributed by atoms with E-state index >= 15 is 0 Å². The molecule has 32 heavy (non-hydrogen) atoms. The first-order chi connectivity index (χ1) is 15.2. The van der Waals surface area contributed by atoms with Crippen LogP contribution in [0.4, 0.5) is 0 Å². The average molecular weight is 434 g/mol. The van der Waals surface area contributed by atoms with Gasteiger partial charge in [0.2, 0.25) is 0 Å². The first kappa shape index (κ1) is 21.0. The van der Waals surface area contributed by atoms with Gasteiger partial charge in [-0.05, 0) is 23.3 Å². The van der Waals surface area contributed by atoms with Crippen LogP contribution in [0.1, 0.15) is 74.8 Å². The Morgan fingerprint density at radius 3 is 2.62 bits per heavy atom. The minimum Gasteiger partial charge on any atom is -0.477 e. The number of carboxylic acids is 1. The van der Waals surface area contributed by atoms with E-state index in [4.69, 9.17) is 5.10 Å². The van der Waals surface area contributed by atoms with Crippen LogP contribution in [0.2, 0.25) is 0 Å². The van der Waals surface area contributed by atoms with Crippen molar-refractivity contribution in [1.82, 2.24) is 14.3 Å². The number of nitrogens with zero attached hydrogens (tertiary/aromatic N) is 3. The number of aromatic carboxylic acids is 1. The lowest BCUT2D eigenvalue weighted by atomic mass is 9.84. The first-order valence-corrected chi connectivity index (χ1v) is 11.7. The minimum atomic E-state index is -1.18. The number of aromatic nitrogens is 3. The van der Waals surface area contributed by atoms with E-state index in [0.29, 0.717) is 12.5 Å². The van der Waals surface area contributed by atoms with Crippen LogP contribution in [0.5, 0.6) is 0 Å². The number of hydrogen-bond donors (Lipinski definition) is 1. The molecule has 1 atom stereocenters. The number of benzene rings is 1. The molecule has 1 saturated carbocycles. The molecule has 6 nitrogen and oxygen atoms in total. The third-order valence-electron chi connectivity index (χ3n) is 7.32. The molecule has 1 aliphatic carbocycles. The van der Waals surface area contributed by atoms with Gasteiger partial charge < -0.3 is 9.67 Å². The summed E-state index contributed by atoms with van der Waals surface area (Å²) in [5.74, 6) is -0.472. The second-order valence-corrected chi connectivity index (χ2v) is 10.6. The van der Waals surface area contributed by atoms with Crippen LogP contribution in [0.25, 0.3) is 22.3 Å². The van der Waals surface area contributed by atoms with Crippen LogP contribution >= 0.6 is 0 Å². The van der Waals surface area contributed by atoms with Crippen molar-refractivity contribution in [1.29, 1.82) is 0 Å². The Bertz CT molecular complexity index is 1260. The van der Waals surface area contributed by atoms with E-state index in [-0.39, 0.29) is 17.0 Å². The first-order valence-electron chi connectivity index (χ1n) is 11.7. The van der Waals surface area contributed by atoms with E-state index < -0.39 is 11.4 Å². The smallest absolute Gasteiger partial charge is 0.341 e. The highest BCUT2D eigenvalue weighted by Crippen LogP contribution is 2.42. The predicted octanol–water partition coefficient (Wildman–Crippen LogP) is 5.29. The summed E-state index contributed by atoms with van der Waals surface area (Å²) in [6, 6.07) is 7.84. The molecule has 1 N–H and O–H groups in total. The van der Waals surface area contributed by atoms with Gasteiger partial charge in [0, 0.05) is 17.6 Å². The van der Waals surface area contributed by atoms with Crippen molar-refractivity contribution < 1.29 is 9.90 Å². The van der Waals surface area contributed by atoms with Crippen LogP contribution < -0.4 is 5.43 Å². The molecule has 0 spiro atoms. The van der Waals surface area contributed by atoms with E-state index in [1.807, 2.05) is 9.25 Å². The number of carbonyl (C=O) groups is 1. The van der Waals surface area contributed by atoms with Crippen LogP contribution in [0.3, 0.4) is 0 Å². The Morgan fingerprint density at radius 2 is 1.94 bits per heavy atom. The van der Waals surface area contributed by atoms with Gasteiger partial charge in [0.05, 0.1) is 29.5 Å². The van der Waals surface area contributed by atoms with E-state index in [9.17, 15) is 14.7 Å². The highest BCUT2D eigenvalue weighted by atomic mass is 16.4. The van der Waals surface area contributed by atoms with Gasteiger partial charge in [-0.15, -0.1) is 0 Å². The standard InChI is InChI=1S/C26H31N3O3/c1-26(2,3)22-15-29-24(20-13-21(30)19(25(31)32)14-28(20)22)18-11-7-10-17(23(18)27-29)12-16-8-5-4-6-9-16/h7,10-11,13-14,16,22H,4-6,8-9,12,15H2,1-3H3,(H,31,32). The molecule has 6 heteroatoms. The zero-order valence-electron chi connectivity index (χ0n) is 19.1. The molecule has 1 unspecified atom stereocenters. The van der Waals surface area contributed by atoms with Gasteiger partial charge in [-0.25, -0.2) is 4.79 Å². The molecule has 0 amide bonds. The zero-order valence-corrected chi connectivity index (χ0v) is 19.1. The van der Waals surface area contributed by atoms with Gasteiger partial charge in [-0.1, -0.05) is 71.1 Å². The quantitative estimate of drug-likeness (QED) is 0.609. The molecule has 168 valence electrons.